The summed E-state index contributed by atoms with van der Waals surface area (Å²) in [6, 6.07) is 5.77. The Bertz CT molecular complexity index is 440. The zero-order valence-electron chi connectivity index (χ0n) is 9.03. The van der Waals surface area contributed by atoms with Crippen LogP contribution in [0, 0.1) is 17.1 Å². The van der Waals surface area contributed by atoms with E-state index in [1.165, 1.54) is 31.2 Å². The molecule has 16 heavy (non-hydrogen) atoms. The highest BCUT2D eigenvalue weighted by Gasteiger charge is 2.13. The maximum atomic E-state index is 13.3. The standard InChI is InChI=1S/C11H11FN2O2/c1-14(6-5-13)11(15)8-3-4-10(16-2)9(12)7-8/h3-4,7H,6H2,1-2H3. The van der Waals surface area contributed by atoms with Gasteiger partial charge >= 0.3 is 0 Å². The van der Waals surface area contributed by atoms with Crippen molar-refractivity contribution in [3.63, 3.8) is 0 Å². The van der Waals surface area contributed by atoms with Gasteiger partial charge in [0.1, 0.15) is 6.54 Å². The van der Waals surface area contributed by atoms with Gasteiger partial charge in [0.2, 0.25) is 0 Å². The number of hydrogen-bond donors (Lipinski definition) is 0. The van der Waals surface area contributed by atoms with Crippen LogP contribution >= 0.6 is 0 Å². The van der Waals surface area contributed by atoms with Crippen LogP contribution in [0.15, 0.2) is 18.2 Å². The summed E-state index contributed by atoms with van der Waals surface area (Å²) >= 11 is 0. The molecule has 1 amide bonds. The van der Waals surface area contributed by atoms with Gasteiger partial charge in [0, 0.05) is 12.6 Å². The monoisotopic (exact) mass is 222 g/mol. The van der Waals surface area contributed by atoms with Gasteiger partial charge in [-0.1, -0.05) is 0 Å². The third-order valence-corrected chi connectivity index (χ3v) is 2.05. The lowest BCUT2D eigenvalue weighted by Crippen LogP contribution is -2.27. The number of halogens is 1. The molecule has 0 spiro atoms. The molecule has 5 heteroatoms. The number of carbonyl (C=O) groups is 1. The second kappa shape index (κ2) is 5.12. The predicted octanol–water partition coefficient (Wildman–Crippen LogP) is 1.43. The molecule has 0 saturated carbocycles. The van der Waals surface area contributed by atoms with Gasteiger partial charge < -0.3 is 9.64 Å². The van der Waals surface area contributed by atoms with E-state index in [0.29, 0.717) is 0 Å². The van der Waals surface area contributed by atoms with Gasteiger partial charge in [0.15, 0.2) is 11.6 Å². The van der Waals surface area contributed by atoms with Crippen LogP contribution < -0.4 is 4.74 Å². The Morgan fingerprint density at radius 1 is 1.62 bits per heavy atom. The minimum Gasteiger partial charge on any atom is -0.494 e. The van der Waals surface area contributed by atoms with Crippen LogP contribution in [0.25, 0.3) is 0 Å². The van der Waals surface area contributed by atoms with Gasteiger partial charge in [-0.05, 0) is 18.2 Å². The minimum atomic E-state index is -0.598. The number of carbonyl (C=O) groups excluding carboxylic acids is 1. The van der Waals surface area contributed by atoms with E-state index in [4.69, 9.17) is 10.00 Å². The first-order chi connectivity index (χ1) is 7.60. The van der Waals surface area contributed by atoms with Gasteiger partial charge in [0.05, 0.1) is 13.2 Å². The number of benzene rings is 1. The van der Waals surface area contributed by atoms with Gasteiger partial charge in [-0.3, -0.25) is 4.79 Å². The number of rotatable bonds is 3. The van der Waals surface area contributed by atoms with Crippen LogP contribution in [0.4, 0.5) is 4.39 Å². The Morgan fingerprint density at radius 3 is 2.81 bits per heavy atom. The molecule has 0 aliphatic heterocycles. The molecule has 0 bridgehead atoms. The molecular formula is C11H11FN2O2. The molecule has 1 aromatic rings. The summed E-state index contributed by atoms with van der Waals surface area (Å²) in [5.74, 6) is -0.915. The number of nitrogens with zero attached hydrogens (tertiary/aromatic N) is 2. The average molecular weight is 222 g/mol. The number of methoxy groups -OCH3 is 1. The molecule has 1 rings (SSSR count). The number of hydrogen-bond acceptors (Lipinski definition) is 3. The first-order valence-electron chi connectivity index (χ1n) is 4.56. The molecule has 0 radical (unpaired) electrons. The van der Waals surface area contributed by atoms with E-state index in [-0.39, 0.29) is 17.9 Å². The summed E-state index contributed by atoms with van der Waals surface area (Å²) in [6.07, 6.45) is 0. The Hall–Kier alpha value is -2.09. The van der Waals surface area contributed by atoms with Crippen LogP contribution in [0.5, 0.6) is 5.75 Å². The van der Waals surface area contributed by atoms with Crippen molar-refractivity contribution in [1.82, 2.24) is 4.90 Å². The maximum absolute atomic E-state index is 13.3. The lowest BCUT2D eigenvalue weighted by Gasteiger charge is -2.13. The second-order valence-electron chi connectivity index (χ2n) is 3.17. The molecule has 0 aliphatic rings. The third kappa shape index (κ3) is 2.48. The lowest BCUT2D eigenvalue weighted by molar-refractivity contribution is 0.0811. The van der Waals surface area contributed by atoms with E-state index in [9.17, 15) is 9.18 Å². The maximum Gasteiger partial charge on any atom is 0.254 e. The summed E-state index contributed by atoms with van der Waals surface area (Å²) < 4.78 is 18.0. The topological polar surface area (TPSA) is 53.3 Å². The summed E-state index contributed by atoms with van der Waals surface area (Å²) in [5, 5.41) is 8.43. The molecular weight excluding hydrogens is 211 g/mol. The molecule has 0 saturated heterocycles. The molecule has 1 aromatic carbocycles. The van der Waals surface area contributed by atoms with Crippen molar-refractivity contribution in [2.75, 3.05) is 20.7 Å². The van der Waals surface area contributed by atoms with Crippen LogP contribution in [-0.4, -0.2) is 31.5 Å². The second-order valence-corrected chi connectivity index (χ2v) is 3.17. The Kier molecular flexibility index (Phi) is 3.84. The van der Waals surface area contributed by atoms with Crippen molar-refractivity contribution in [3.8, 4) is 11.8 Å². The highest BCUT2D eigenvalue weighted by atomic mass is 19.1. The summed E-state index contributed by atoms with van der Waals surface area (Å²) in [7, 11) is 2.83. The zero-order valence-corrected chi connectivity index (χ0v) is 9.03. The highest BCUT2D eigenvalue weighted by Crippen LogP contribution is 2.18. The Labute approximate surface area is 92.8 Å². The van der Waals surface area contributed by atoms with Crippen LogP contribution in [0.3, 0.4) is 0 Å². The number of nitriles is 1. The summed E-state index contributed by atoms with van der Waals surface area (Å²) in [6.45, 7) is -0.0352. The Balaban J connectivity index is 2.94. The summed E-state index contributed by atoms with van der Waals surface area (Å²) in [4.78, 5) is 12.9. The molecule has 0 N–H and O–H groups in total. The molecule has 0 aromatic heterocycles. The van der Waals surface area contributed by atoms with E-state index in [1.807, 2.05) is 6.07 Å². The van der Waals surface area contributed by atoms with Crippen LogP contribution in [-0.2, 0) is 0 Å². The zero-order chi connectivity index (χ0) is 12.1. The van der Waals surface area contributed by atoms with Gasteiger partial charge in [-0.15, -0.1) is 0 Å². The molecule has 0 unspecified atom stereocenters. The minimum absolute atomic E-state index is 0.0352. The Morgan fingerprint density at radius 2 is 2.31 bits per heavy atom. The summed E-state index contributed by atoms with van der Waals surface area (Å²) in [5.41, 5.74) is 0.191. The van der Waals surface area contributed by atoms with Gasteiger partial charge in [-0.2, -0.15) is 5.26 Å². The fourth-order valence-corrected chi connectivity index (χ4v) is 1.20. The SMILES string of the molecule is COc1ccc(C(=O)N(C)CC#N)cc1F. The van der Waals surface area contributed by atoms with E-state index < -0.39 is 11.7 Å². The van der Waals surface area contributed by atoms with Crippen LogP contribution in [0.2, 0.25) is 0 Å². The molecule has 0 atom stereocenters. The highest BCUT2D eigenvalue weighted by molar-refractivity contribution is 5.94. The van der Waals surface area contributed by atoms with E-state index in [1.54, 1.807) is 0 Å². The average Bonchev–Trinajstić information content (AvgIpc) is 2.28. The van der Waals surface area contributed by atoms with Crippen molar-refractivity contribution in [1.29, 1.82) is 5.26 Å². The fourth-order valence-electron chi connectivity index (χ4n) is 1.20. The van der Waals surface area contributed by atoms with Gasteiger partial charge in [-0.25, -0.2) is 4.39 Å². The smallest absolute Gasteiger partial charge is 0.254 e. The molecule has 84 valence electrons. The molecule has 0 aliphatic carbocycles. The van der Waals surface area contributed by atoms with E-state index in [0.717, 1.165) is 6.07 Å². The van der Waals surface area contributed by atoms with E-state index >= 15 is 0 Å². The fraction of sp³-hybridized carbons (Fsp3) is 0.273. The number of amides is 1. The van der Waals surface area contributed by atoms with Crippen molar-refractivity contribution in [3.05, 3.63) is 29.6 Å². The first kappa shape index (κ1) is 12.0. The molecule has 4 nitrogen and oxygen atoms in total. The quantitative estimate of drug-likeness (QED) is 0.727. The first-order valence-corrected chi connectivity index (χ1v) is 4.56. The van der Waals surface area contributed by atoms with Crippen molar-refractivity contribution < 1.29 is 13.9 Å². The van der Waals surface area contributed by atoms with Crippen LogP contribution in [0.1, 0.15) is 10.4 Å². The van der Waals surface area contributed by atoms with Crippen molar-refractivity contribution >= 4 is 5.91 Å². The van der Waals surface area contributed by atoms with Crippen molar-refractivity contribution in [2.45, 2.75) is 0 Å². The predicted molar refractivity (Wildman–Crippen MR) is 55.5 cm³/mol. The molecule has 0 fully saturated rings. The van der Waals surface area contributed by atoms with Crippen molar-refractivity contribution in [2.24, 2.45) is 0 Å². The largest absolute Gasteiger partial charge is 0.494 e. The van der Waals surface area contributed by atoms with E-state index in [2.05, 4.69) is 0 Å². The number of ether oxygens (including phenoxy) is 1. The lowest BCUT2D eigenvalue weighted by atomic mass is 10.2. The van der Waals surface area contributed by atoms with Gasteiger partial charge in [0.25, 0.3) is 5.91 Å². The third-order valence-electron chi connectivity index (χ3n) is 2.05. The normalized spacial score (nSPS) is 9.38. The molecule has 0 heterocycles.